The van der Waals surface area contributed by atoms with E-state index in [9.17, 15) is 9.90 Å². The monoisotopic (exact) mass is 555 g/mol. The smallest absolute Gasteiger partial charge is 0.355 e. The van der Waals surface area contributed by atoms with Crippen molar-refractivity contribution < 1.29 is 9.90 Å². The molecule has 5 aromatic heterocycles. The van der Waals surface area contributed by atoms with Crippen molar-refractivity contribution in [2.75, 3.05) is 17.3 Å². The summed E-state index contributed by atoms with van der Waals surface area (Å²) in [5, 5.41) is 27.2. The summed E-state index contributed by atoms with van der Waals surface area (Å²) in [5.41, 5.74) is 3.92. The number of pyridine rings is 2. The average molecular weight is 556 g/mol. The minimum absolute atomic E-state index is 0.0275. The summed E-state index contributed by atoms with van der Waals surface area (Å²) in [5.74, 6) is 1.09. The molecule has 11 nitrogen and oxygen atoms in total. The van der Waals surface area contributed by atoms with E-state index in [1.165, 1.54) is 37.0 Å². The third-order valence-electron chi connectivity index (χ3n) is 7.43. The number of carboxylic acids is 1. The molecule has 1 saturated carbocycles. The fourth-order valence-electron chi connectivity index (χ4n) is 5.15. The molecule has 5 aromatic rings. The van der Waals surface area contributed by atoms with Crippen molar-refractivity contribution in [3.8, 4) is 11.1 Å². The van der Waals surface area contributed by atoms with Crippen LogP contribution in [0.4, 0.5) is 22.6 Å². The summed E-state index contributed by atoms with van der Waals surface area (Å²) in [6.45, 7) is 4.77. The van der Waals surface area contributed by atoms with Crippen molar-refractivity contribution in [1.29, 1.82) is 0 Å². The van der Waals surface area contributed by atoms with Gasteiger partial charge < -0.3 is 15.3 Å². The van der Waals surface area contributed by atoms with Crippen LogP contribution in [-0.4, -0.2) is 53.1 Å². The first-order valence-electron chi connectivity index (χ1n) is 13.2. The summed E-state index contributed by atoms with van der Waals surface area (Å²) in [7, 11) is 1.79. The molecule has 1 fully saturated rings. The first-order valence-corrected chi connectivity index (χ1v) is 14.0. The first kappa shape index (κ1) is 25.8. The lowest BCUT2D eigenvalue weighted by Gasteiger charge is -2.19. The normalized spacial score (nSPS) is 13.7. The number of thiazole rings is 1. The molecule has 0 unspecified atom stereocenters. The van der Waals surface area contributed by atoms with E-state index in [1.54, 1.807) is 36.5 Å². The highest BCUT2D eigenvalue weighted by atomic mass is 32.1. The Bertz CT molecular complexity index is 1670. The molecule has 0 bridgehead atoms. The highest BCUT2D eigenvalue weighted by molar-refractivity contribution is 7.21. The number of aromatic carboxylic acids is 1. The lowest BCUT2D eigenvalue weighted by molar-refractivity contribution is 0.0691. The second kappa shape index (κ2) is 10.6. The van der Waals surface area contributed by atoms with Crippen LogP contribution in [0.1, 0.15) is 47.4 Å². The predicted octanol–water partition coefficient (Wildman–Crippen LogP) is 5.76. The Morgan fingerprint density at radius 1 is 1.12 bits per heavy atom. The Hall–Kier alpha value is -4.45. The third-order valence-corrected chi connectivity index (χ3v) is 8.33. The Morgan fingerprint density at radius 3 is 2.70 bits per heavy atom. The second-order valence-electron chi connectivity index (χ2n) is 10.1. The summed E-state index contributed by atoms with van der Waals surface area (Å²) in [6, 6.07) is 9.22. The van der Waals surface area contributed by atoms with Gasteiger partial charge in [0.25, 0.3) is 0 Å². The van der Waals surface area contributed by atoms with E-state index >= 15 is 0 Å². The Morgan fingerprint density at radius 2 is 1.95 bits per heavy atom. The minimum atomic E-state index is -1.10. The minimum Gasteiger partial charge on any atom is -0.476 e. The van der Waals surface area contributed by atoms with Gasteiger partial charge in [-0.05, 0) is 68.5 Å². The van der Waals surface area contributed by atoms with Gasteiger partial charge in [0.05, 0.1) is 6.20 Å². The molecule has 0 radical (unpaired) electrons. The highest BCUT2D eigenvalue weighted by Gasteiger charge is 2.22. The number of fused-ring (bicyclic) bond motifs is 1. The molecule has 5 heterocycles. The molecule has 2 N–H and O–H groups in total. The van der Waals surface area contributed by atoms with Crippen LogP contribution in [0, 0.1) is 19.8 Å². The number of carboxylic acid groups (broad SMARTS) is 1. The Kier molecular flexibility index (Phi) is 6.84. The fraction of sp³-hybridized carbons (Fsp3) is 0.321. The number of aromatic nitrogens is 7. The zero-order valence-corrected chi connectivity index (χ0v) is 23.3. The van der Waals surface area contributed by atoms with Gasteiger partial charge >= 0.3 is 5.97 Å². The maximum Gasteiger partial charge on any atom is 0.355 e. The molecule has 0 aromatic carbocycles. The quantitative estimate of drug-likeness (QED) is 0.243. The van der Waals surface area contributed by atoms with Crippen LogP contribution in [-0.2, 0) is 6.54 Å². The molecule has 1 aliphatic rings. The third kappa shape index (κ3) is 4.97. The van der Waals surface area contributed by atoms with E-state index in [0.29, 0.717) is 34.1 Å². The standard InChI is InChI=1S/C28H29N9O2S/c1-16-13-23(34-35-25(16)33-28-31-21-9-6-12-29-26(21)40-28)36(3)22-11-10-19(24(32-22)27(38)39)20-14-30-37(17(20)2)15-18-7-4-5-8-18/h6,9-14,18H,4-5,7-8,15H2,1-3H3,(H,38,39)(H,31,33,35). The number of hydrogen-bond donors (Lipinski definition) is 2. The number of rotatable bonds is 8. The number of nitrogens with one attached hydrogen (secondary N) is 1. The van der Waals surface area contributed by atoms with Crippen LogP contribution in [0.5, 0.6) is 0 Å². The van der Waals surface area contributed by atoms with Crippen molar-refractivity contribution in [2.45, 2.75) is 46.1 Å². The SMILES string of the molecule is Cc1cc(N(C)c2ccc(-c3cnn(CC4CCCC4)c3C)c(C(=O)O)n2)nnc1Nc1nc2cccnc2s1. The number of carbonyl (C=O) groups is 1. The van der Waals surface area contributed by atoms with Gasteiger partial charge in [0.1, 0.15) is 16.2 Å². The maximum absolute atomic E-state index is 12.3. The van der Waals surface area contributed by atoms with E-state index in [0.717, 1.165) is 33.7 Å². The molecule has 0 amide bonds. The average Bonchev–Trinajstić information content (AvgIpc) is 3.70. The topological polar surface area (TPSA) is 135 Å². The largest absolute Gasteiger partial charge is 0.476 e. The van der Waals surface area contributed by atoms with E-state index in [4.69, 9.17) is 0 Å². The van der Waals surface area contributed by atoms with Crippen molar-refractivity contribution in [3.63, 3.8) is 0 Å². The van der Waals surface area contributed by atoms with Gasteiger partial charge in [0, 0.05) is 36.6 Å². The highest BCUT2D eigenvalue weighted by Crippen LogP contribution is 2.32. The van der Waals surface area contributed by atoms with Crippen LogP contribution in [0.25, 0.3) is 21.5 Å². The van der Waals surface area contributed by atoms with Crippen LogP contribution >= 0.6 is 11.3 Å². The summed E-state index contributed by atoms with van der Waals surface area (Å²) >= 11 is 1.44. The molecule has 0 spiro atoms. The number of anilines is 4. The zero-order chi connectivity index (χ0) is 27.8. The molecular weight excluding hydrogens is 526 g/mol. The Labute approximate surface area is 235 Å². The molecule has 0 aliphatic heterocycles. The van der Waals surface area contributed by atoms with Gasteiger partial charge in [-0.25, -0.2) is 19.7 Å². The lowest BCUT2D eigenvalue weighted by atomic mass is 10.0. The summed E-state index contributed by atoms with van der Waals surface area (Å²) in [6.07, 6.45) is 8.46. The molecule has 204 valence electrons. The lowest BCUT2D eigenvalue weighted by Crippen LogP contribution is -2.16. The molecule has 1 aliphatic carbocycles. The van der Waals surface area contributed by atoms with Gasteiger partial charge in [-0.1, -0.05) is 24.2 Å². The number of aryl methyl sites for hydroxylation is 1. The maximum atomic E-state index is 12.3. The number of hydrogen-bond acceptors (Lipinski definition) is 10. The van der Waals surface area contributed by atoms with Crippen molar-refractivity contribution >= 4 is 50.2 Å². The fourth-order valence-corrected chi connectivity index (χ4v) is 5.96. The Balaban J connectivity index is 1.24. The van der Waals surface area contributed by atoms with Crippen LogP contribution < -0.4 is 10.2 Å². The van der Waals surface area contributed by atoms with Gasteiger partial charge in [-0.3, -0.25) is 4.68 Å². The van der Waals surface area contributed by atoms with Crippen LogP contribution in [0.15, 0.2) is 42.7 Å². The zero-order valence-electron chi connectivity index (χ0n) is 22.5. The summed E-state index contributed by atoms with van der Waals surface area (Å²) in [4.78, 5) is 28.2. The van der Waals surface area contributed by atoms with Crippen molar-refractivity contribution in [2.24, 2.45) is 5.92 Å². The van der Waals surface area contributed by atoms with Gasteiger partial charge in [0.2, 0.25) is 0 Å². The van der Waals surface area contributed by atoms with E-state index in [1.807, 2.05) is 36.7 Å². The van der Waals surface area contributed by atoms with Gasteiger partial charge in [-0.2, -0.15) is 5.10 Å². The van der Waals surface area contributed by atoms with Gasteiger partial charge in [-0.15, -0.1) is 10.2 Å². The van der Waals surface area contributed by atoms with E-state index in [2.05, 4.69) is 35.6 Å². The van der Waals surface area contributed by atoms with Crippen LogP contribution in [0.2, 0.25) is 0 Å². The molecule has 12 heteroatoms. The molecular formula is C28H29N9O2S. The predicted molar refractivity (Wildman–Crippen MR) is 155 cm³/mol. The van der Waals surface area contributed by atoms with Crippen LogP contribution in [0.3, 0.4) is 0 Å². The van der Waals surface area contributed by atoms with Gasteiger partial charge in [0.15, 0.2) is 22.5 Å². The first-order chi connectivity index (χ1) is 19.4. The van der Waals surface area contributed by atoms with E-state index in [-0.39, 0.29) is 5.69 Å². The molecule has 40 heavy (non-hydrogen) atoms. The van der Waals surface area contributed by atoms with Crippen molar-refractivity contribution in [1.82, 2.24) is 34.9 Å². The number of nitrogens with zero attached hydrogens (tertiary/aromatic N) is 8. The molecule has 0 saturated heterocycles. The summed E-state index contributed by atoms with van der Waals surface area (Å²) < 4.78 is 2.00. The molecule has 0 atom stereocenters. The van der Waals surface area contributed by atoms with E-state index < -0.39 is 5.97 Å². The molecule has 6 rings (SSSR count). The second-order valence-corrected chi connectivity index (χ2v) is 11.1. The van der Waals surface area contributed by atoms with Crippen molar-refractivity contribution in [3.05, 3.63) is 59.7 Å².